The Kier molecular flexibility index (Phi) is 5.85. The van der Waals surface area contributed by atoms with Crippen molar-refractivity contribution >= 4 is 28.3 Å². The maximum Gasteiger partial charge on any atom is 0.416 e. The zero-order valence-electron chi connectivity index (χ0n) is 17.2. The number of aryl methyl sites for hydroxylation is 1. The molecule has 1 fully saturated rings. The summed E-state index contributed by atoms with van der Waals surface area (Å²) in [5, 5.41) is 3.80. The lowest BCUT2D eigenvalue weighted by Gasteiger charge is -2.22. The van der Waals surface area contributed by atoms with Crippen molar-refractivity contribution in [3.8, 4) is 0 Å². The van der Waals surface area contributed by atoms with Gasteiger partial charge < -0.3 is 10.2 Å². The van der Waals surface area contributed by atoms with Gasteiger partial charge in [0.05, 0.1) is 11.1 Å². The number of hydrogen-bond donors (Lipinski definition) is 1. The Balaban J connectivity index is 1.37. The third-order valence-electron chi connectivity index (χ3n) is 5.73. The van der Waals surface area contributed by atoms with Crippen molar-refractivity contribution in [2.75, 3.05) is 16.8 Å². The molecule has 0 aliphatic carbocycles. The number of nitrogens with zero attached hydrogens (tertiary/aromatic N) is 2. The quantitative estimate of drug-likeness (QED) is 0.559. The van der Waals surface area contributed by atoms with Crippen LogP contribution in [0.15, 0.2) is 54.6 Å². The largest absolute Gasteiger partial charge is 0.416 e. The van der Waals surface area contributed by atoms with Gasteiger partial charge in [-0.2, -0.15) is 13.2 Å². The molecule has 31 heavy (non-hydrogen) atoms. The Labute approximate surface area is 179 Å². The number of amides is 1. The summed E-state index contributed by atoms with van der Waals surface area (Å²) in [6.45, 7) is 3.23. The van der Waals surface area contributed by atoms with E-state index in [2.05, 4.69) is 17.1 Å². The number of fused-ring (bicyclic) bond motifs is 1. The highest BCUT2D eigenvalue weighted by molar-refractivity contribution is 5.94. The van der Waals surface area contributed by atoms with Crippen LogP contribution in [0.5, 0.6) is 0 Å². The fraction of sp³-hybridized carbons (Fsp3) is 0.333. The Bertz CT molecular complexity index is 1080. The normalized spacial score (nSPS) is 16.6. The van der Waals surface area contributed by atoms with Gasteiger partial charge in [0.1, 0.15) is 5.82 Å². The lowest BCUT2D eigenvalue weighted by molar-refractivity contribution is -0.137. The molecule has 0 spiro atoms. The van der Waals surface area contributed by atoms with E-state index in [1.807, 2.05) is 30.3 Å². The fourth-order valence-corrected chi connectivity index (χ4v) is 3.97. The molecule has 1 atom stereocenters. The Morgan fingerprint density at radius 1 is 1.13 bits per heavy atom. The predicted molar refractivity (Wildman–Crippen MR) is 116 cm³/mol. The van der Waals surface area contributed by atoms with Crippen LogP contribution in [0.1, 0.15) is 37.3 Å². The van der Waals surface area contributed by atoms with Crippen LogP contribution in [0.3, 0.4) is 0 Å². The van der Waals surface area contributed by atoms with Crippen molar-refractivity contribution in [1.82, 2.24) is 4.98 Å². The summed E-state index contributed by atoms with van der Waals surface area (Å²) in [6, 6.07) is 15.0. The summed E-state index contributed by atoms with van der Waals surface area (Å²) < 4.78 is 37.9. The van der Waals surface area contributed by atoms with Crippen molar-refractivity contribution in [1.29, 1.82) is 0 Å². The number of benzene rings is 2. The van der Waals surface area contributed by atoms with Gasteiger partial charge in [-0.15, -0.1) is 0 Å². The third kappa shape index (κ3) is 4.98. The van der Waals surface area contributed by atoms with Gasteiger partial charge >= 0.3 is 6.18 Å². The van der Waals surface area contributed by atoms with Crippen molar-refractivity contribution in [3.63, 3.8) is 0 Å². The van der Waals surface area contributed by atoms with E-state index < -0.39 is 11.7 Å². The molecule has 0 unspecified atom stereocenters. The summed E-state index contributed by atoms with van der Waals surface area (Å²) >= 11 is 0. The van der Waals surface area contributed by atoms with Gasteiger partial charge in [-0.1, -0.05) is 12.1 Å². The molecule has 7 heteroatoms. The number of halogens is 3. The molecule has 1 N–H and O–H groups in total. The first-order valence-electron chi connectivity index (χ1n) is 10.4. The predicted octanol–water partition coefficient (Wildman–Crippen LogP) is 5.81. The fourth-order valence-electron chi connectivity index (χ4n) is 3.97. The molecular weight excluding hydrogens is 403 g/mol. The topological polar surface area (TPSA) is 45.2 Å². The van der Waals surface area contributed by atoms with E-state index in [4.69, 9.17) is 4.98 Å². The van der Waals surface area contributed by atoms with E-state index in [1.54, 1.807) is 0 Å². The zero-order chi connectivity index (χ0) is 22.0. The number of alkyl halides is 3. The first kappa shape index (κ1) is 21.2. The number of pyridine rings is 1. The van der Waals surface area contributed by atoms with E-state index in [-0.39, 0.29) is 12.3 Å². The highest BCUT2D eigenvalue weighted by Crippen LogP contribution is 2.29. The van der Waals surface area contributed by atoms with Gasteiger partial charge in [0.2, 0.25) is 5.91 Å². The van der Waals surface area contributed by atoms with Gasteiger partial charge in [0.25, 0.3) is 0 Å². The Morgan fingerprint density at radius 3 is 2.58 bits per heavy atom. The SMILES string of the molecule is C[C@@H]1CCCN1c1ccc2cc(NC(=O)CCc3ccc(C(F)(F)F)cc3)ccc2n1. The van der Waals surface area contributed by atoms with Crippen LogP contribution in [0.4, 0.5) is 24.7 Å². The summed E-state index contributed by atoms with van der Waals surface area (Å²) in [7, 11) is 0. The van der Waals surface area contributed by atoms with E-state index in [0.717, 1.165) is 35.4 Å². The van der Waals surface area contributed by atoms with Crippen LogP contribution in [0.25, 0.3) is 10.9 Å². The summed E-state index contributed by atoms with van der Waals surface area (Å²) in [4.78, 5) is 19.4. The summed E-state index contributed by atoms with van der Waals surface area (Å²) in [5.41, 5.74) is 1.55. The second-order valence-electron chi connectivity index (χ2n) is 8.00. The molecule has 1 saturated heterocycles. The lowest BCUT2D eigenvalue weighted by atomic mass is 10.1. The number of nitrogens with one attached hydrogen (secondary N) is 1. The van der Waals surface area contributed by atoms with Gasteiger partial charge in [0.15, 0.2) is 0 Å². The molecule has 0 saturated carbocycles. The van der Waals surface area contributed by atoms with Crippen LogP contribution in [-0.4, -0.2) is 23.5 Å². The van der Waals surface area contributed by atoms with Crippen molar-refractivity contribution in [2.45, 2.75) is 44.8 Å². The first-order valence-corrected chi connectivity index (χ1v) is 10.4. The minimum absolute atomic E-state index is 0.185. The second kappa shape index (κ2) is 8.57. The zero-order valence-corrected chi connectivity index (χ0v) is 17.2. The highest BCUT2D eigenvalue weighted by Gasteiger charge is 2.29. The minimum Gasteiger partial charge on any atom is -0.354 e. The molecule has 2 aromatic carbocycles. The maximum atomic E-state index is 12.6. The van der Waals surface area contributed by atoms with E-state index in [0.29, 0.717) is 23.7 Å². The summed E-state index contributed by atoms with van der Waals surface area (Å²) in [6.07, 6.45) is -1.44. The molecule has 1 aliphatic rings. The molecule has 0 bridgehead atoms. The average Bonchev–Trinajstić information content (AvgIpc) is 3.17. The maximum absolute atomic E-state index is 12.6. The summed E-state index contributed by atoms with van der Waals surface area (Å²) in [5.74, 6) is 0.792. The standard InChI is InChI=1S/C24H24F3N3O/c1-16-3-2-14-30(16)22-12-7-18-15-20(10-11-21(18)29-22)28-23(31)13-6-17-4-8-19(9-5-17)24(25,26)27/h4-5,7-12,15-16H,2-3,6,13-14H2,1H3,(H,28,31)/t16-/m1/s1. The number of carbonyl (C=O) groups is 1. The lowest BCUT2D eigenvalue weighted by Crippen LogP contribution is -2.27. The van der Waals surface area contributed by atoms with E-state index >= 15 is 0 Å². The minimum atomic E-state index is -4.35. The van der Waals surface area contributed by atoms with Crippen molar-refractivity contribution < 1.29 is 18.0 Å². The molecule has 3 aromatic rings. The Hall–Kier alpha value is -3.09. The molecule has 1 amide bonds. The van der Waals surface area contributed by atoms with Gasteiger partial charge in [-0.3, -0.25) is 4.79 Å². The van der Waals surface area contributed by atoms with Crippen LogP contribution in [0, 0.1) is 0 Å². The van der Waals surface area contributed by atoms with Crippen LogP contribution in [-0.2, 0) is 17.4 Å². The van der Waals surface area contributed by atoms with E-state index in [1.165, 1.54) is 25.0 Å². The molecular formula is C24H24F3N3O. The average molecular weight is 427 g/mol. The van der Waals surface area contributed by atoms with Gasteiger partial charge in [-0.05, 0) is 74.2 Å². The smallest absolute Gasteiger partial charge is 0.354 e. The molecule has 4 rings (SSSR count). The molecule has 1 aliphatic heterocycles. The Morgan fingerprint density at radius 2 is 1.90 bits per heavy atom. The number of anilines is 2. The number of rotatable bonds is 5. The molecule has 2 heterocycles. The molecule has 4 nitrogen and oxygen atoms in total. The van der Waals surface area contributed by atoms with Gasteiger partial charge in [0, 0.05) is 30.1 Å². The van der Waals surface area contributed by atoms with Crippen LogP contribution < -0.4 is 10.2 Å². The van der Waals surface area contributed by atoms with Crippen molar-refractivity contribution in [2.24, 2.45) is 0 Å². The molecule has 0 radical (unpaired) electrons. The van der Waals surface area contributed by atoms with Crippen LogP contribution in [0.2, 0.25) is 0 Å². The third-order valence-corrected chi connectivity index (χ3v) is 5.73. The first-order chi connectivity index (χ1) is 14.8. The van der Waals surface area contributed by atoms with Crippen molar-refractivity contribution in [3.05, 3.63) is 65.7 Å². The van der Waals surface area contributed by atoms with Gasteiger partial charge in [-0.25, -0.2) is 4.98 Å². The molecule has 162 valence electrons. The second-order valence-corrected chi connectivity index (χ2v) is 8.00. The number of hydrogen-bond acceptors (Lipinski definition) is 3. The highest BCUT2D eigenvalue weighted by atomic mass is 19.4. The van der Waals surface area contributed by atoms with Crippen LogP contribution >= 0.6 is 0 Å². The number of carbonyl (C=O) groups excluding carboxylic acids is 1. The monoisotopic (exact) mass is 427 g/mol. The van der Waals surface area contributed by atoms with E-state index in [9.17, 15) is 18.0 Å². The molecule has 1 aromatic heterocycles. The number of aromatic nitrogens is 1.